The predicted molar refractivity (Wildman–Crippen MR) is 74.1 cm³/mol. The van der Waals surface area contributed by atoms with Gasteiger partial charge in [-0.2, -0.15) is 0 Å². The monoisotopic (exact) mass is 262 g/mol. The van der Waals surface area contributed by atoms with Gasteiger partial charge in [0.15, 0.2) is 0 Å². The molecule has 0 radical (unpaired) electrons. The molecule has 17 heavy (non-hydrogen) atoms. The van der Waals surface area contributed by atoms with E-state index < -0.39 is 8.80 Å². The minimum Gasteiger partial charge on any atom is -0.373 e. The van der Waals surface area contributed by atoms with Gasteiger partial charge in [-0.15, -0.1) is 0 Å². The molecule has 0 N–H and O–H groups in total. The molecule has 3 nitrogen and oxygen atoms in total. The zero-order valence-electron chi connectivity index (χ0n) is 12.6. The first kappa shape index (κ1) is 17.1. The molecule has 1 atom stereocenters. The van der Waals surface area contributed by atoms with Gasteiger partial charge in [0.2, 0.25) is 0 Å². The third-order valence-corrected chi connectivity index (χ3v) is 7.71. The van der Waals surface area contributed by atoms with E-state index in [-0.39, 0.29) is 5.04 Å². The maximum Gasteiger partial charge on any atom is 0.507 e. The van der Waals surface area contributed by atoms with E-state index in [9.17, 15) is 0 Å². The van der Waals surface area contributed by atoms with Crippen LogP contribution in [0.25, 0.3) is 0 Å². The summed E-state index contributed by atoms with van der Waals surface area (Å²) in [5.41, 5.74) is 0. The van der Waals surface area contributed by atoms with E-state index in [0.29, 0.717) is 25.7 Å². The fraction of sp³-hybridized carbons (Fsp3) is 1.00. The van der Waals surface area contributed by atoms with Crippen molar-refractivity contribution in [1.29, 1.82) is 0 Å². The van der Waals surface area contributed by atoms with Crippen LogP contribution in [0.2, 0.25) is 5.04 Å². The topological polar surface area (TPSA) is 27.7 Å². The standard InChI is InChI=1S/C13H30O3Si/c1-8-12(5)13(6,7)17(14-9-2,15-10-3)16-11-4/h12H,8-11H2,1-7H3. The molecule has 104 valence electrons. The van der Waals surface area contributed by atoms with Crippen molar-refractivity contribution in [1.82, 2.24) is 0 Å². The third kappa shape index (κ3) is 3.78. The molecule has 0 aromatic heterocycles. The van der Waals surface area contributed by atoms with E-state index in [2.05, 4.69) is 27.7 Å². The summed E-state index contributed by atoms with van der Waals surface area (Å²) in [6.45, 7) is 16.8. The van der Waals surface area contributed by atoms with Gasteiger partial charge in [-0.25, -0.2) is 0 Å². The SMILES string of the molecule is CCO[Si](OCC)(OCC)C(C)(C)C(C)CC. The summed E-state index contributed by atoms with van der Waals surface area (Å²) in [4.78, 5) is 0. The van der Waals surface area contributed by atoms with Crippen LogP contribution < -0.4 is 0 Å². The van der Waals surface area contributed by atoms with Crippen LogP contribution in [-0.2, 0) is 13.3 Å². The molecule has 0 aliphatic rings. The predicted octanol–water partition coefficient (Wildman–Crippen LogP) is 3.86. The van der Waals surface area contributed by atoms with Crippen LogP contribution in [0.4, 0.5) is 0 Å². The lowest BCUT2D eigenvalue weighted by atomic mass is 9.94. The van der Waals surface area contributed by atoms with Crippen LogP contribution in [0.3, 0.4) is 0 Å². The van der Waals surface area contributed by atoms with Crippen LogP contribution in [0.1, 0.15) is 54.9 Å². The summed E-state index contributed by atoms with van der Waals surface area (Å²) in [7, 11) is -2.61. The molecule has 0 rings (SSSR count). The Morgan fingerprint density at radius 2 is 1.24 bits per heavy atom. The van der Waals surface area contributed by atoms with E-state index in [0.717, 1.165) is 6.42 Å². The van der Waals surface area contributed by atoms with Crippen molar-refractivity contribution in [2.45, 2.75) is 59.9 Å². The minimum absolute atomic E-state index is 0.0518. The summed E-state index contributed by atoms with van der Waals surface area (Å²) in [5, 5.41) is -0.0518. The second kappa shape index (κ2) is 7.51. The van der Waals surface area contributed by atoms with Gasteiger partial charge < -0.3 is 13.3 Å². The fourth-order valence-corrected chi connectivity index (χ4v) is 5.38. The van der Waals surface area contributed by atoms with E-state index >= 15 is 0 Å². The molecule has 4 heteroatoms. The Labute approximate surface area is 108 Å². The summed E-state index contributed by atoms with van der Waals surface area (Å²) in [5.74, 6) is 0.513. The van der Waals surface area contributed by atoms with Gasteiger partial charge >= 0.3 is 8.80 Å². The Balaban J connectivity index is 5.21. The molecule has 0 bridgehead atoms. The maximum atomic E-state index is 5.99. The highest BCUT2D eigenvalue weighted by molar-refractivity contribution is 6.64. The first-order valence-electron chi connectivity index (χ1n) is 6.83. The van der Waals surface area contributed by atoms with Crippen molar-refractivity contribution >= 4 is 8.80 Å². The second-order valence-electron chi connectivity index (χ2n) is 4.89. The van der Waals surface area contributed by atoms with Crippen molar-refractivity contribution in [3.05, 3.63) is 0 Å². The molecule has 0 fully saturated rings. The average molecular weight is 262 g/mol. The van der Waals surface area contributed by atoms with Gasteiger partial charge in [-0.1, -0.05) is 34.1 Å². The highest BCUT2D eigenvalue weighted by Crippen LogP contribution is 2.47. The molecular weight excluding hydrogens is 232 g/mol. The smallest absolute Gasteiger partial charge is 0.373 e. The van der Waals surface area contributed by atoms with Gasteiger partial charge in [0.1, 0.15) is 0 Å². The lowest BCUT2D eigenvalue weighted by Gasteiger charge is -2.44. The molecular formula is C13H30O3Si. The van der Waals surface area contributed by atoms with E-state index in [1.807, 2.05) is 20.8 Å². The van der Waals surface area contributed by atoms with Crippen molar-refractivity contribution in [2.75, 3.05) is 19.8 Å². The molecule has 0 aliphatic carbocycles. The van der Waals surface area contributed by atoms with Crippen LogP contribution in [0.5, 0.6) is 0 Å². The highest BCUT2D eigenvalue weighted by Gasteiger charge is 2.57. The summed E-state index contributed by atoms with van der Waals surface area (Å²) < 4.78 is 18.0. The van der Waals surface area contributed by atoms with Crippen LogP contribution in [-0.4, -0.2) is 28.6 Å². The molecule has 0 aromatic carbocycles. The maximum absolute atomic E-state index is 5.99. The van der Waals surface area contributed by atoms with Gasteiger partial charge in [0.05, 0.1) is 0 Å². The van der Waals surface area contributed by atoms with E-state index in [1.165, 1.54) is 0 Å². The largest absolute Gasteiger partial charge is 0.507 e. The van der Waals surface area contributed by atoms with Crippen LogP contribution >= 0.6 is 0 Å². The molecule has 1 unspecified atom stereocenters. The van der Waals surface area contributed by atoms with E-state index in [4.69, 9.17) is 13.3 Å². The summed E-state index contributed by atoms with van der Waals surface area (Å²) in [6.07, 6.45) is 1.11. The van der Waals surface area contributed by atoms with Crippen LogP contribution in [0.15, 0.2) is 0 Å². The minimum atomic E-state index is -2.61. The van der Waals surface area contributed by atoms with Gasteiger partial charge in [-0.05, 0) is 26.7 Å². The number of rotatable bonds is 9. The average Bonchev–Trinajstić information content (AvgIpc) is 2.28. The normalized spacial score (nSPS) is 15.0. The molecule has 0 aromatic rings. The Morgan fingerprint density at radius 1 is 0.882 bits per heavy atom. The van der Waals surface area contributed by atoms with Crippen molar-refractivity contribution in [3.63, 3.8) is 0 Å². The Kier molecular flexibility index (Phi) is 7.56. The molecule has 0 saturated heterocycles. The Bertz CT molecular complexity index is 190. The molecule has 0 aliphatic heterocycles. The summed E-state index contributed by atoms with van der Waals surface area (Å²) >= 11 is 0. The molecule has 0 saturated carbocycles. The van der Waals surface area contributed by atoms with Crippen LogP contribution in [0, 0.1) is 5.92 Å². The molecule has 0 heterocycles. The van der Waals surface area contributed by atoms with Crippen molar-refractivity contribution in [2.24, 2.45) is 5.92 Å². The quantitative estimate of drug-likeness (QED) is 0.591. The first-order chi connectivity index (χ1) is 7.91. The zero-order chi connectivity index (χ0) is 13.5. The third-order valence-electron chi connectivity index (χ3n) is 3.64. The number of hydrogen-bond donors (Lipinski definition) is 0. The highest BCUT2D eigenvalue weighted by atomic mass is 28.4. The van der Waals surface area contributed by atoms with Crippen molar-refractivity contribution in [3.8, 4) is 0 Å². The van der Waals surface area contributed by atoms with Gasteiger partial charge in [0.25, 0.3) is 0 Å². The number of hydrogen-bond acceptors (Lipinski definition) is 3. The van der Waals surface area contributed by atoms with Gasteiger partial charge in [-0.3, -0.25) is 0 Å². The first-order valence-corrected chi connectivity index (χ1v) is 8.56. The van der Waals surface area contributed by atoms with Gasteiger partial charge in [0, 0.05) is 24.9 Å². The Hall–Kier alpha value is 0.0969. The lowest BCUT2D eigenvalue weighted by molar-refractivity contribution is 0.0379. The lowest BCUT2D eigenvalue weighted by Crippen LogP contribution is -2.56. The molecule has 0 amide bonds. The fourth-order valence-electron chi connectivity index (χ4n) is 2.07. The zero-order valence-corrected chi connectivity index (χ0v) is 13.6. The van der Waals surface area contributed by atoms with Crippen molar-refractivity contribution < 1.29 is 13.3 Å². The Morgan fingerprint density at radius 3 is 1.47 bits per heavy atom. The molecule has 0 spiro atoms. The second-order valence-corrected chi connectivity index (χ2v) is 8.15. The van der Waals surface area contributed by atoms with E-state index in [1.54, 1.807) is 0 Å². The summed E-state index contributed by atoms with van der Waals surface area (Å²) in [6, 6.07) is 0.